The molecule has 30 heavy (non-hydrogen) atoms. The Hall–Kier alpha value is -2.90. The molecule has 0 bridgehead atoms. The summed E-state index contributed by atoms with van der Waals surface area (Å²) >= 11 is 6.19. The van der Waals surface area contributed by atoms with Gasteiger partial charge in [-0.1, -0.05) is 48.0 Å². The molecule has 1 N–H and O–H groups in total. The Morgan fingerprint density at radius 1 is 1.00 bits per heavy atom. The maximum atomic E-state index is 13.3. The fraction of sp³-hybridized carbons (Fsp3) is 0.136. The molecule has 5 nitrogen and oxygen atoms in total. The number of anilines is 1. The van der Waals surface area contributed by atoms with E-state index in [1.807, 2.05) is 0 Å². The lowest BCUT2D eigenvalue weighted by Crippen LogP contribution is -2.41. The second-order valence-corrected chi connectivity index (χ2v) is 8.88. The smallest absolute Gasteiger partial charge is 0.264 e. The number of hydrogen-bond acceptors (Lipinski definition) is 3. The molecule has 1 amide bonds. The fourth-order valence-electron chi connectivity index (χ4n) is 2.87. The van der Waals surface area contributed by atoms with Crippen LogP contribution in [0.25, 0.3) is 0 Å². The first-order valence-corrected chi connectivity index (χ1v) is 10.9. The summed E-state index contributed by atoms with van der Waals surface area (Å²) in [5, 5.41) is 3.07. The monoisotopic (exact) mass is 446 g/mol. The number of benzene rings is 3. The second-order valence-electron chi connectivity index (χ2n) is 6.61. The van der Waals surface area contributed by atoms with Crippen LogP contribution >= 0.6 is 11.6 Å². The van der Waals surface area contributed by atoms with Gasteiger partial charge >= 0.3 is 0 Å². The summed E-state index contributed by atoms with van der Waals surface area (Å²) in [6.07, 6.45) is 0. The topological polar surface area (TPSA) is 66.5 Å². The zero-order valence-electron chi connectivity index (χ0n) is 16.2. The number of sulfonamides is 1. The lowest BCUT2D eigenvalue weighted by molar-refractivity contribution is -0.119. The molecule has 0 atom stereocenters. The van der Waals surface area contributed by atoms with E-state index >= 15 is 0 Å². The van der Waals surface area contributed by atoms with Crippen LogP contribution < -0.4 is 9.62 Å². The van der Waals surface area contributed by atoms with E-state index < -0.39 is 22.5 Å². The maximum absolute atomic E-state index is 13.3. The van der Waals surface area contributed by atoms with Crippen molar-refractivity contribution in [3.63, 3.8) is 0 Å². The van der Waals surface area contributed by atoms with Gasteiger partial charge in [0.2, 0.25) is 5.91 Å². The van der Waals surface area contributed by atoms with Crippen LogP contribution in [0.3, 0.4) is 0 Å². The summed E-state index contributed by atoms with van der Waals surface area (Å²) in [4.78, 5) is 12.7. The van der Waals surface area contributed by atoms with E-state index in [1.54, 1.807) is 55.5 Å². The molecule has 8 heteroatoms. The van der Waals surface area contributed by atoms with Crippen molar-refractivity contribution in [1.29, 1.82) is 0 Å². The van der Waals surface area contributed by atoms with Gasteiger partial charge in [-0.2, -0.15) is 0 Å². The number of nitrogens with one attached hydrogen (secondary N) is 1. The first-order valence-electron chi connectivity index (χ1n) is 9.13. The third-order valence-corrected chi connectivity index (χ3v) is 6.71. The van der Waals surface area contributed by atoms with E-state index in [0.717, 1.165) is 4.31 Å². The molecule has 3 aromatic carbocycles. The Bertz CT molecular complexity index is 1140. The normalized spacial score (nSPS) is 11.2. The molecule has 3 rings (SSSR count). The maximum Gasteiger partial charge on any atom is 0.264 e. The SMILES string of the molecule is Cc1c(Cl)cccc1N(CC(=O)NCc1ccc(F)cc1)S(=O)(=O)c1ccccc1. The van der Waals surface area contributed by atoms with Crippen molar-refractivity contribution in [2.24, 2.45) is 0 Å². The summed E-state index contributed by atoms with van der Waals surface area (Å²) in [5.74, 6) is -0.875. The predicted octanol–water partition coefficient (Wildman–Crippen LogP) is 4.30. The zero-order valence-corrected chi connectivity index (χ0v) is 17.8. The highest BCUT2D eigenvalue weighted by atomic mass is 35.5. The van der Waals surface area contributed by atoms with E-state index in [2.05, 4.69) is 5.32 Å². The van der Waals surface area contributed by atoms with Gasteiger partial charge < -0.3 is 5.32 Å². The molecule has 0 radical (unpaired) electrons. The Balaban J connectivity index is 1.89. The number of hydrogen-bond donors (Lipinski definition) is 1. The third kappa shape index (κ3) is 4.98. The standard InChI is InChI=1S/C22H20ClFN2O3S/c1-16-20(23)8-5-9-21(16)26(30(28,29)19-6-3-2-4-7-19)15-22(27)25-14-17-10-12-18(24)13-11-17/h2-13H,14-15H2,1H3,(H,25,27). The molecule has 156 valence electrons. The number of nitrogens with zero attached hydrogens (tertiary/aromatic N) is 1. The average Bonchev–Trinajstić information content (AvgIpc) is 2.74. The van der Waals surface area contributed by atoms with Crippen molar-refractivity contribution in [3.8, 4) is 0 Å². The molecular weight excluding hydrogens is 427 g/mol. The van der Waals surface area contributed by atoms with Crippen molar-refractivity contribution in [1.82, 2.24) is 5.32 Å². The number of amides is 1. The van der Waals surface area contributed by atoms with Gasteiger partial charge in [-0.3, -0.25) is 9.10 Å². The molecule has 0 heterocycles. The molecule has 0 unspecified atom stereocenters. The van der Waals surface area contributed by atoms with Gasteiger partial charge in [0.1, 0.15) is 12.4 Å². The number of carbonyl (C=O) groups excluding carboxylic acids is 1. The summed E-state index contributed by atoms with van der Waals surface area (Å²) in [6, 6.07) is 18.5. The van der Waals surface area contributed by atoms with E-state index in [9.17, 15) is 17.6 Å². The Kier molecular flexibility index (Phi) is 6.74. The van der Waals surface area contributed by atoms with Crippen LogP contribution in [0.4, 0.5) is 10.1 Å². The highest BCUT2D eigenvalue weighted by Crippen LogP contribution is 2.30. The quantitative estimate of drug-likeness (QED) is 0.588. The first kappa shape index (κ1) is 21.8. The summed E-state index contributed by atoms with van der Waals surface area (Å²) < 4.78 is 40.7. The van der Waals surface area contributed by atoms with Crippen LogP contribution in [0.1, 0.15) is 11.1 Å². The summed E-state index contributed by atoms with van der Waals surface area (Å²) in [5.41, 5.74) is 1.56. The Morgan fingerprint density at radius 3 is 2.33 bits per heavy atom. The van der Waals surface area contributed by atoms with Crippen molar-refractivity contribution in [3.05, 3.63) is 94.8 Å². The van der Waals surface area contributed by atoms with Crippen molar-refractivity contribution in [2.75, 3.05) is 10.8 Å². The first-order chi connectivity index (χ1) is 14.3. The van der Waals surface area contributed by atoms with Gasteiger partial charge in [0.15, 0.2) is 0 Å². The molecule has 0 aromatic heterocycles. The zero-order chi connectivity index (χ0) is 21.7. The van der Waals surface area contributed by atoms with Gasteiger partial charge in [0.25, 0.3) is 10.0 Å². The van der Waals surface area contributed by atoms with Crippen LogP contribution in [0, 0.1) is 12.7 Å². The van der Waals surface area contributed by atoms with Crippen molar-refractivity contribution >= 4 is 33.2 Å². The van der Waals surface area contributed by atoms with Crippen molar-refractivity contribution in [2.45, 2.75) is 18.4 Å². The van der Waals surface area contributed by atoms with Gasteiger partial charge in [0, 0.05) is 11.6 Å². The van der Waals surface area contributed by atoms with E-state index in [4.69, 9.17) is 11.6 Å². The second kappa shape index (κ2) is 9.28. The Morgan fingerprint density at radius 2 is 1.67 bits per heavy atom. The number of carbonyl (C=O) groups is 1. The summed E-state index contributed by atoms with van der Waals surface area (Å²) in [7, 11) is -4.01. The van der Waals surface area contributed by atoms with Gasteiger partial charge in [-0.15, -0.1) is 0 Å². The van der Waals surface area contributed by atoms with Gasteiger partial charge in [-0.05, 0) is 54.4 Å². The highest BCUT2D eigenvalue weighted by Gasteiger charge is 2.28. The molecule has 0 fully saturated rings. The lowest BCUT2D eigenvalue weighted by Gasteiger charge is -2.26. The number of rotatable bonds is 7. The molecule has 0 aliphatic carbocycles. The van der Waals surface area contributed by atoms with Crippen LogP contribution in [0.15, 0.2) is 77.7 Å². The minimum absolute atomic E-state index is 0.0655. The van der Waals surface area contributed by atoms with Crippen LogP contribution in [0.5, 0.6) is 0 Å². The highest BCUT2D eigenvalue weighted by molar-refractivity contribution is 7.92. The van der Waals surface area contributed by atoms with E-state index in [-0.39, 0.29) is 17.3 Å². The molecule has 0 saturated heterocycles. The van der Waals surface area contributed by atoms with Crippen LogP contribution in [-0.2, 0) is 21.4 Å². The fourth-order valence-corrected chi connectivity index (χ4v) is 4.54. The van der Waals surface area contributed by atoms with Gasteiger partial charge in [-0.25, -0.2) is 12.8 Å². The molecule has 0 spiro atoms. The average molecular weight is 447 g/mol. The molecule has 0 aliphatic rings. The van der Waals surface area contributed by atoms with Crippen molar-refractivity contribution < 1.29 is 17.6 Å². The van der Waals surface area contributed by atoms with E-state index in [0.29, 0.717) is 21.8 Å². The largest absolute Gasteiger partial charge is 0.350 e. The molecule has 0 aliphatic heterocycles. The lowest BCUT2D eigenvalue weighted by atomic mass is 10.2. The van der Waals surface area contributed by atoms with Crippen LogP contribution in [0.2, 0.25) is 5.02 Å². The molecular formula is C22H20ClFN2O3S. The Labute approximate surface area is 180 Å². The third-order valence-electron chi connectivity index (χ3n) is 4.53. The minimum Gasteiger partial charge on any atom is -0.350 e. The molecule has 3 aromatic rings. The molecule has 0 saturated carbocycles. The summed E-state index contributed by atoms with van der Waals surface area (Å²) in [6.45, 7) is 1.41. The van der Waals surface area contributed by atoms with E-state index in [1.165, 1.54) is 24.3 Å². The van der Waals surface area contributed by atoms with Crippen LogP contribution in [-0.4, -0.2) is 20.9 Å². The van der Waals surface area contributed by atoms with Gasteiger partial charge in [0.05, 0.1) is 10.6 Å². The minimum atomic E-state index is -4.01. The predicted molar refractivity (Wildman–Crippen MR) is 115 cm³/mol. The number of halogens is 2.